The average Bonchev–Trinajstić information content (AvgIpc) is 3.07. The highest BCUT2D eigenvalue weighted by Gasteiger charge is 2.61. The molecule has 0 heterocycles. The van der Waals surface area contributed by atoms with Crippen molar-refractivity contribution in [1.82, 2.24) is 0 Å². The van der Waals surface area contributed by atoms with Crippen molar-refractivity contribution in [2.75, 3.05) is 0 Å². The van der Waals surface area contributed by atoms with Crippen LogP contribution in [0.25, 0.3) is 0 Å². The fourth-order valence-corrected chi connectivity index (χ4v) is 9.29. The van der Waals surface area contributed by atoms with Crippen LogP contribution in [-0.4, -0.2) is 39.8 Å². The van der Waals surface area contributed by atoms with Gasteiger partial charge in [-0.15, -0.1) is 0 Å². The standard InChI is InChI=1S/C26H43F3O3/c1-15(5-4-6-22(31)26(27,28)29)17-9-10-18-16-7-8-20-23(32)21(30)12-14-25(20,3)19(16)11-13-24(17,18)2/h15-23,30-32H,4-14H2,1-3H3/t15-,16+,17-,18+,19+,20+,21+,22?,23-,24-,25-/m1/s1. The molecule has 4 rings (SSSR count). The summed E-state index contributed by atoms with van der Waals surface area (Å²) in [6.07, 6.45) is 1.64. The molecule has 0 aromatic heterocycles. The molecule has 186 valence electrons. The van der Waals surface area contributed by atoms with Crippen molar-refractivity contribution in [2.45, 2.75) is 116 Å². The summed E-state index contributed by atoms with van der Waals surface area (Å²) in [5.74, 6) is 3.06. The molecule has 3 N–H and O–H groups in total. The van der Waals surface area contributed by atoms with E-state index in [9.17, 15) is 28.5 Å². The summed E-state index contributed by atoms with van der Waals surface area (Å²) in [5.41, 5.74) is 0.361. The quantitative estimate of drug-likeness (QED) is 0.493. The van der Waals surface area contributed by atoms with Crippen LogP contribution in [0, 0.1) is 46.3 Å². The zero-order valence-electron chi connectivity index (χ0n) is 19.9. The number of fused-ring (bicyclic) bond motifs is 5. The monoisotopic (exact) mass is 460 g/mol. The van der Waals surface area contributed by atoms with Crippen molar-refractivity contribution >= 4 is 0 Å². The molecule has 4 aliphatic carbocycles. The van der Waals surface area contributed by atoms with Crippen molar-refractivity contribution in [1.29, 1.82) is 0 Å². The molecule has 3 nitrogen and oxygen atoms in total. The maximum Gasteiger partial charge on any atom is 0.414 e. The molecule has 0 aliphatic heterocycles. The Hall–Kier alpha value is -0.330. The molecule has 0 spiro atoms. The lowest BCUT2D eigenvalue weighted by Gasteiger charge is -2.62. The first-order valence-corrected chi connectivity index (χ1v) is 13.0. The summed E-state index contributed by atoms with van der Waals surface area (Å²) >= 11 is 0. The van der Waals surface area contributed by atoms with Gasteiger partial charge in [-0.1, -0.05) is 33.6 Å². The number of alkyl halides is 3. The molecular formula is C26H43F3O3. The first kappa shape index (κ1) is 24.8. The van der Waals surface area contributed by atoms with E-state index in [0.29, 0.717) is 42.4 Å². The fourth-order valence-electron chi connectivity index (χ4n) is 9.29. The van der Waals surface area contributed by atoms with Gasteiger partial charge in [-0.05, 0) is 104 Å². The number of hydrogen-bond acceptors (Lipinski definition) is 3. The van der Waals surface area contributed by atoms with E-state index < -0.39 is 24.5 Å². The second-order valence-corrected chi connectivity index (χ2v) is 12.4. The molecular weight excluding hydrogens is 417 g/mol. The van der Waals surface area contributed by atoms with E-state index in [2.05, 4.69) is 20.8 Å². The third-order valence-corrected chi connectivity index (χ3v) is 11.0. The summed E-state index contributed by atoms with van der Waals surface area (Å²) in [6.45, 7) is 7.02. The number of hydrogen-bond donors (Lipinski definition) is 3. The summed E-state index contributed by atoms with van der Waals surface area (Å²) in [5, 5.41) is 30.3. The maximum atomic E-state index is 12.6. The van der Waals surface area contributed by atoms with Gasteiger partial charge in [0.15, 0.2) is 0 Å². The third kappa shape index (κ3) is 4.04. The first-order valence-electron chi connectivity index (χ1n) is 13.0. The highest BCUT2D eigenvalue weighted by atomic mass is 19.4. The van der Waals surface area contributed by atoms with E-state index in [1.165, 1.54) is 19.3 Å². The van der Waals surface area contributed by atoms with Crippen LogP contribution in [0.1, 0.15) is 91.4 Å². The van der Waals surface area contributed by atoms with Gasteiger partial charge in [-0.25, -0.2) is 0 Å². The third-order valence-electron chi connectivity index (χ3n) is 11.0. The summed E-state index contributed by atoms with van der Waals surface area (Å²) in [6, 6.07) is 0. The van der Waals surface area contributed by atoms with E-state index in [1.807, 2.05) is 0 Å². The molecule has 1 unspecified atom stereocenters. The summed E-state index contributed by atoms with van der Waals surface area (Å²) in [7, 11) is 0. The number of rotatable bonds is 5. The second kappa shape index (κ2) is 8.71. The molecule has 32 heavy (non-hydrogen) atoms. The van der Waals surface area contributed by atoms with E-state index >= 15 is 0 Å². The Labute approximate surface area is 191 Å². The van der Waals surface area contributed by atoms with Crippen molar-refractivity contribution in [3.05, 3.63) is 0 Å². The highest BCUT2D eigenvalue weighted by Crippen LogP contribution is 2.68. The van der Waals surface area contributed by atoms with Gasteiger partial charge in [0.25, 0.3) is 0 Å². The van der Waals surface area contributed by atoms with Gasteiger partial charge in [-0.2, -0.15) is 13.2 Å². The van der Waals surface area contributed by atoms with Crippen LogP contribution in [0.5, 0.6) is 0 Å². The van der Waals surface area contributed by atoms with E-state index in [-0.39, 0.29) is 23.2 Å². The second-order valence-electron chi connectivity index (χ2n) is 12.4. The van der Waals surface area contributed by atoms with Gasteiger partial charge in [0.05, 0.1) is 12.2 Å². The van der Waals surface area contributed by atoms with Crippen molar-refractivity contribution in [2.24, 2.45) is 46.3 Å². The van der Waals surface area contributed by atoms with Gasteiger partial charge in [0.2, 0.25) is 0 Å². The zero-order chi connectivity index (χ0) is 23.5. The van der Waals surface area contributed by atoms with Crippen LogP contribution in [0.4, 0.5) is 13.2 Å². The molecule has 0 saturated heterocycles. The highest BCUT2D eigenvalue weighted by molar-refractivity contribution is 5.11. The van der Waals surface area contributed by atoms with Crippen LogP contribution < -0.4 is 0 Å². The molecule has 4 saturated carbocycles. The largest absolute Gasteiger partial charge is 0.414 e. The Morgan fingerprint density at radius 1 is 0.844 bits per heavy atom. The normalized spacial score (nSPS) is 48.5. The molecule has 4 aliphatic rings. The Balaban J connectivity index is 1.42. The van der Waals surface area contributed by atoms with E-state index in [1.54, 1.807) is 0 Å². The van der Waals surface area contributed by atoms with Crippen LogP contribution >= 0.6 is 0 Å². The summed E-state index contributed by atoms with van der Waals surface area (Å²) in [4.78, 5) is 0. The first-order chi connectivity index (χ1) is 14.9. The molecule has 0 bridgehead atoms. The number of halogens is 3. The predicted octanol–water partition coefficient (Wildman–Crippen LogP) is 5.71. The van der Waals surface area contributed by atoms with Crippen molar-refractivity contribution in [3.63, 3.8) is 0 Å². The van der Waals surface area contributed by atoms with Crippen LogP contribution in [0.2, 0.25) is 0 Å². The van der Waals surface area contributed by atoms with E-state index in [0.717, 1.165) is 32.1 Å². The smallest absolute Gasteiger partial charge is 0.390 e. The SMILES string of the molecule is C[C@H](CCCC(O)C(F)(F)F)[C@H]1CC[C@H]2[C@@H]3CC[C@H]4[C@@H](O)[C@@H](O)CC[C@]4(C)[C@H]3CC[C@]12C. The minimum atomic E-state index is -4.51. The Morgan fingerprint density at radius 2 is 1.47 bits per heavy atom. The molecule has 11 atom stereocenters. The van der Waals surface area contributed by atoms with E-state index in [4.69, 9.17) is 0 Å². The lowest BCUT2D eigenvalue weighted by Crippen LogP contribution is -2.58. The van der Waals surface area contributed by atoms with Gasteiger partial charge in [0.1, 0.15) is 6.10 Å². The molecule has 6 heteroatoms. The lowest BCUT2D eigenvalue weighted by molar-refractivity contribution is -0.205. The minimum absolute atomic E-state index is 0.111. The van der Waals surface area contributed by atoms with Crippen LogP contribution in [-0.2, 0) is 0 Å². The maximum absolute atomic E-state index is 12.6. The Morgan fingerprint density at radius 3 is 2.16 bits per heavy atom. The topological polar surface area (TPSA) is 60.7 Å². The van der Waals surface area contributed by atoms with Crippen molar-refractivity contribution in [3.8, 4) is 0 Å². The Bertz CT molecular complexity index is 669. The van der Waals surface area contributed by atoms with Crippen molar-refractivity contribution < 1.29 is 28.5 Å². The molecule has 0 radical (unpaired) electrons. The molecule has 0 aromatic carbocycles. The minimum Gasteiger partial charge on any atom is -0.390 e. The summed E-state index contributed by atoms with van der Waals surface area (Å²) < 4.78 is 37.9. The lowest BCUT2D eigenvalue weighted by atomic mass is 9.44. The molecule has 4 fully saturated rings. The van der Waals surface area contributed by atoms with Gasteiger partial charge >= 0.3 is 6.18 Å². The van der Waals surface area contributed by atoms with Gasteiger partial charge in [-0.3, -0.25) is 0 Å². The zero-order valence-corrected chi connectivity index (χ0v) is 19.9. The van der Waals surface area contributed by atoms with Crippen LogP contribution in [0.15, 0.2) is 0 Å². The number of aliphatic hydroxyl groups is 3. The van der Waals surface area contributed by atoms with Crippen LogP contribution in [0.3, 0.4) is 0 Å². The van der Waals surface area contributed by atoms with Gasteiger partial charge in [0, 0.05) is 0 Å². The predicted molar refractivity (Wildman–Crippen MR) is 118 cm³/mol. The fraction of sp³-hybridized carbons (Fsp3) is 1.00. The van der Waals surface area contributed by atoms with Gasteiger partial charge < -0.3 is 15.3 Å². The average molecular weight is 461 g/mol. The Kier molecular flexibility index (Phi) is 6.75. The molecule has 0 amide bonds. The number of aliphatic hydroxyl groups excluding tert-OH is 3. The molecule has 0 aromatic rings.